The highest BCUT2D eigenvalue weighted by Crippen LogP contribution is 2.28. The maximum absolute atomic E-state index is 6.13. The third-order valence-corrected chi connectivity index (χ3v) is 3.45. The van der Waals surface area contributed by atoms with E-state index in [1.807, 2.05) is 61.6 Å². The number of hydrogen-bond donors (Lipinski definition) is 1. The van der Waals surface area contributed by atoms with Crippen LogP contribution in [0, 0.1) is 0 Å². The molecule has 0 aliphatic rings. The fourth-order valence-electron chi connectivity index (χ4n) is 2.12. The Morgan fingerprint density at radius 1 is 0.952 bits per heavy atom. The van der Waals surface area contributed by atoms with E-state index in [2.05, 4.69) is 19.2 Å². The van der Waals surface area contributed by atoms with Gasteiger partial charge in [0.25, 0.3) is 0 Å². The fourth-order valence-corrected chi connectivity index (χ4v) is 2.12. The van der Waals surface area contributed by atoms with E-state index in [9.17, 15) is 0 Å². The highest BCUT2D eigenvalue weighted by atomic mass is 16.5. The van der Waals surface area contributed by atoms with Crippen LogP contribution in [-0.4, -0.2) is 19.2 Å². The van der Waals surface area contributed by atoms with Gasteiger partial charge in [-0.1, -0.05) is 31.2 Å². The first-order chi connectivity index (χ1) is 10.1. The summed E-state index contributed by atoms with van der Waals surface area (Å²) in [5.41, 5.74) is -0.222. The van der Waals surface area contributed by atoms with Crippen LogP contribution >= 0.6 is 0 Å². The smallest absolute Gasteiger partial charge is 0.131 e. The maximum Gasteiger partial charge on any atom is 0.131 e. The Kier molecular flexibility index (Phi) is 5.23. The van der Waals surface area contributed by atoms with E-state index >= 15 is 0 Å². The predicted octanol–water partition coefficient (Wildman–Crippen LogP) is 4.25. The first-order valence-corrected chi connectivity index (χ1v) is 7.32. The monoisotopic (exact) mass is 285 g/mol. The number of ether oxygens (including phenoxy) is 2. The predicted molar refractivity (Wildman–Crippen MR) is 86.2 cm³/mol. The molecule has 0 aliphatic heterocycles. The molecule has 2 aromatic carbocycles. The summed E-state index contributed by atoms with van der Waals surface area (Å²) in [7, 11) is 1.94. The van der Waals surface area contributed by atoms with E-state index in [-0.39, 0.29) is 5.60 Å². The number of likely N-dealkylation sites (N-methyl/N-ethyl adjacent to an activating group) is 1. The van der Waals surface area contributed by atoms with Crippen molar-refractivity contribution < 1.29 is 9.47 Å². The highest BCUT2D eigenvalue weighted by molar-refractivity contribution is 5.37. The van der Waals surface area contributed by atoms with Gasteiger partial charge in [-0.15, -0.1) is 0 Å². The van der Waals surface area contributed by atoms with Crippen LogP contribution in [0.25, 0.3) is 0 Å². The van der Waals surface area contributed by atoms with Crippen LogP contribution in [0.1, 0.15) is 20.3 Å². The molecule has 3 heteroatoms. The first kappa shape index (κ1) is 15.4. The normalized spacial score (nSPS) is 13.5. The van der Waals surface area contributed by atoms with E-state index in [0.29, 0.717) is 0 Å². The lowest BCUT2D eigenvalue weighted by Gasteiger charge is -2.29. The third-order valence-electron chi connectivity index (χ3n) is 3.45. The number of nitrogens with one attached hydrogen (secondary N) is 1. The average molecular weight is 285 g/mol. The summed E-state index contributed by atoms with van der Waals surface area (Å²) < 4.78 is 12.0. The summed E-state index contributed by atoms with van der Waals surface area (Å²) >= 11 is 0. The van der Waals surface area contributed by atoms with Gasteiger partial charge in [0.05, 0.1) is 0 Å². The molecule has 0 aromatic heterocycles. The largest absolute Gasteiger partial charge is 0.486 e. The molecule has 21 heavy (non-hydrogen) atoms. The van der Waals surface area contributed by atoms with Gasteiger partial charge in [0.1, 0.15) is 22.8 Å². The molecule has 1 atom stereocenters. The number of benzene rings is 2. The van der Waals surface area contributed by atoms with E-state index in [1.54, 1.807) is 0 Å². The lowest BCUT2D eigenvalue weighted by atomic mass is 10.0. The Balaban J connectivity index is 2.10. The number of rotatable bonds is 7. The van der Waals surface area contributed by atoms with Crippen molar-refractivity contribution in [2.45, 2.75) is 25.9 Å². The summed E-state index contributed by atoms with van der Waals surface area (Å²) in [6.45, 7) is 5.03. The molecule has 0 aliphatic carbocycles. The Hall–Kier alpha value is -2.00. The Labute approximate surface area is 126 Å². The summed E-state index contributed by atoms with van der Waals surface area (Å²) in [5.74, 6) is 2.42. The average Bonchev–Trinajstić information content (AvgIpc) is 2.49. The standard InChI is InChI=1S/C18H23NO2/c1-4-18(2,14-19-3)21-17-12-8-11-16(13-17)20-15-9-6-5-7-10-15/h5-13,19H,4,14H2,1-3H3. The SMILES string of the molecule is CCC(C)(CNC)Oc1cccc(Oc2ccccc2)c1. The van der Waals surface area contributed by atoms with Crippen molar-refractivity contribution in [3.05, 3.63) is 54.6 Å². The Morgan fingerprint density at radius 3 is 2.29 bits per heavy atom. The van der Waals surface area contributed by atoms with Crippen molar-refractivity contribution >= 4 is 0 Å². The zero-order valence-corrected chi connectivity index (χ0v) is 12.9. The Bertz CT molecular complexity index is 556. The van der Waals surface area contributed by atoms with Crippen molar-refractivity contribution in [1.29, 1.82) is 0 Å². The topological polar surface area (TPSA) is 30.5 Å². The van der Waals surface area contributed by atoms with Crippen molar-refractivity contribution in [3.63, 3.8) is 0 Å². The van der Waals surface area contributed by atoms with E-state index < -0.39 is 0 Å². The van der Waals surface area contributed by atoms with Crippen LogP contribution in [0.2, 0.25) is 0 Å². The summed E-state index contributed by atoms with van der Waals surface area (Å²) in [4.78, 5) is 0. The minimum Gasteiger partial charge on any atom is -0.486 e. The molecule has 2 rings (SSSR count). The van der Waals surface area contributed by atoms with Crippen LogP contribution in [0.3, 0.4) is 0 Å². The fraction of sp³-hybridized carbons (Fsp3) is 0.333. The molecule has 2 aromatic rings. The first-order valence-electron chi connectivity index (χ1n) is 7.32. The molecule has 1 unspecified atom stereocenters. The summed E-state index contributed by atoms with van der Waals surface area (Å²) in [6, 6.07) is 17.5. The second kappa shape index (κ2) is 7.14. The van der Waals surface area contributed by atoms with E-state index in [1.165, 1.54) is 0 Å². The summed E-state index contributed by atoms with van der Waals surface area (Å²) in [5, 5.41) is 3.18. The zero-order valence-electron chi connectivity index (χ0n) is 12.9. The molecular weight excluding hydrogens is 262 g/mol. The number of hydrogen-bond acceptors (Lipinski definition) is 3. The number of para-hydroxylation sites is 1. The molecule has 0 heterocycles. The van der Waals surface area contributed by atoms with Gasteiger partial charge in [-0.25, -0.2) is 0 Å². The molecule has 3 nitrogen and oxygen atoms in total. The molecule has 112 valence electrons. The molecule has 0 saturated heterocycles. The highest BCUT2D eigenvalue weighted by Gasteiger charge is 2.23. The van der Waals surface area contributed by atoms with Crippen molar-refractivity contribution in [2.75, 3.05) is 13.6 Å². The lowest BCUT2D eigenvalue weighted by Crippen LogP contribution is -2.41. The minimum absolute atomic E-state index is 0.222. The van der Waals surface area contributed by atoms with Gasteiger partial charge in [0.15, 0.2) is 0 Å². The van der Waals surface area contributed by atoms with Gasteiger partial charge in [-0.05, 0) is 44.7 Å². The molecule has 0 radical (unpaired) electrons. The van der Waals surface area contributed by atoms with Gasteiger partial charge in [-0.3, -0.25) is 0 Å². The van der Waals surface area contributed by atoms with Gasteiger partial charge < -0.3 is 14.8 Å². The molecule has 1 N–H and O–H groups in total. The lowest BCUT2D eigenvalue weighted by molar-refractivity contribution is 0.0856. The zero-order chi connectivity index (χ0) is 15.1. The van der Waals surface area contributed by atoms with Crippen molar-refractivity contribution in [1.82, 2.24) is 5.32 Å². The maximum atomic E-state index is 6.13. The minimum atomic E-state index is -0.222. The van der Waals surface area contributed by atoms with Gasteiger partial charge in [0.2, 0.25) is 0 Å². The van der Waals surface area contributed by atoms with E-state index in [0.717, 1.165) is 30.2 Å². The summed E-state index contributed by atoms with van der Waals surface area (Å²) in [6.07, 6.45) is 0.928. The molecule has 0 saturated carbocycles. The van der Waals surface area contributed by atoms with Crippen LogP contribution in [0.5, 0.6) is 17.2 Å². The second-order valence-corrected chi connectivity index (χ2v) is 5.33. The van der Waals surface area contributed by atoms with Gasteiger partial charge in [-0.2, -0.15) is 0 Å². The van der Waals surface area contributed by atoms with Gasteiger partial charge in [0, 0.05) is 12.6 Å². The van der Waals surface area contributed by atoms with Crippen LogP contribution in [0.4, 0.5) is 0 Å². The third kappa shape index (κ3) is 4.50. The van der Waals surface area contributed by atoms with Crippen molar-refractivity contribution in [3.8, 4) is 17.2 Å². The van der Waals surface area contributed by atoms with Crippen LogP contribution in [-0.2, 0) is 0 Å². The molecular formula is C18H23NO2. The van der Waals surface area contributed by atoms with E-state index in [4.69, 9.17) is 9.47 Å². The second-order valence-electron chi connectivity index (χ2n) is 5.33. The molecule has 0 spiro atoms. The molecule has 0 amide bonds. The molecule has 0 fully saturated rings. The van der Waals surface area contributed by atoms with Gasteiger partial charge >= 0.3 is 0 Å². The Morgan fingerprint density at radius 2 is 1.62 bits per heavy atom. The quantitative estimate of drug-likeness (QED) is 0.825. The van der Waals surface area contributed by atoms with Crippen LogP contribution in [0.15, 0.2) is 54.6 Å². The van der Waals surface area contributed by atoms with Crippen LogP contribution < -0.4 is 14.8 Å². The van der Waals surface area contributed by atoms with Crippen molar-refractivity contribution in [2.24, 2.45) is 0 Å². The molecule has 0 bridgehead atoms.